The van der Waals surface area contributed by atoms with E-state index < -0.39 is 28.9 Å². The number of carbonyl (C=O) groups is 3. The molecule has 1 saturated heterocycles. The number of hydrogen-bond donors (Lipinski definition) is 3. The maximum Gasteiger partial charge on any atom is 0.335 e. The molecule has 2 fully saturated rings. The Morgan fingerprint density at radius 1 is 1.09 bits per heavy atom. The molecule has 0 radical (unpaired) electrons. The molecule has 34 heavy (non-hydrogen) atoms. The summed E-state index contributed by atoms with van der Waals surface area (Å²) in [6.07, 6.45) is 2.05. The van der Waals surface area contributed by atoms with Gasteiger partial charge >= 0.3 is 5.97 Å². The molecule has 3 N–H and O–H groups in total. The van der Waals surface area contributed by atoms with Crippen molar-refractivity contribution in [2.45, 2.75) is 44.8 Å². The summed E-state index contributed by atoms with van der Waals surface area (Å²) in [5, 5.41) is 24.2. The van der Waals surface area contributed by atoms with Gasteiger partial charge in [0.1, 0.15) is 6.04 Å². The Bertz CT molecular complexity index is 1110. The highest BCUT2D eigenvalue weighted by Crippen LogP contribution is 2.46. The third-order valence-electron chi connectivity index (χ3n) is 7.10. The summed E-state index contributed by atoms with van der Waals surface area (Å²) in [6, 6.07) is 12.2. The summed E-state index contributed by atoms with van der Waals surface area (Å²) in [6.45, 7) is 4.56. The Hall–Kier alpha value is -2.90. The van der Waals surface area contributed by atoms with Gasteiger partial charge in [-0.05, 0) is 61.1 Å². The van der Waals surface area contributed by atoms with Gasteiger partial charge in [-0.3, -0.25) is 9.59 Å². The first-order chi connectivity index (χ1) is 16.0. The monoisotopic (exact) mass is 484 g/mol. The third-order valence-corrected chi connectivity index (χ3v) is 7.35. The zero-order valence-corrected chi connectivity index (χ0v) is 20.0. The minimum absolute atomic E-state index is 0.0150. The summed E-state index contributed by atoms with van der Waals surface area (Å²) in [4.78, 5) is 39.4. The predicted molar refractivity (Wildman–Crippen MR) is 128 cm³/mol. The van der Waals surface area contributed by atoms with Crippen LogP contribution in [0.1, 0.15) is 59.4 Å². The summed E-state index contributed by atoms with van der Waals surface area (Å²) < 4.78 is 0. The van der Waals surface area contributed by atoms with E-state index in [2.05, 4.69) is 5.32 Å². The maximum atomic E-state index is 13.5. The van der Waals surface area contributed by atoms with Gasteiger partial charge in [-0.15, -0.1) is 0 Å². The number of rotatable bonds is 6. The van der Waals surface area contributed by atoms with Gasteiger partial charge in [0.25, 0.3) is 5.91 Å². The second-order valence-electron chi connectivity index (χ2n) is 9.94. The largest absolute Gasteiger partial charge is 0.478 e. The fourth-order valence-corrected chi connectivity index (χ4v) is 4.92. The molecule has 2 amide bonds. The lowest BCUT2D eigenvalue weighted by molar-refractivity contribution is -0.155. The molecule has 8 heteroatoms. The number of aliphatic hydroxyl groups is 1. The van der Waals surface area contributed by atoms with Crippen LogP contribution in [0.5, 0.6) is 0 Å². The number of piperidine rings is 1. The van der Waals surface area contributed by atoms with E-state index in [0.29, 0.717) is 24.5 Å². The van der Waals surface area contributed by atoms with Crippen LogP contribution in [0.2, 0.25) is 5.02 Å². The molecular weight excluding hydrogens is 456 g/mol. The van der Waals surface area contributed by atoms with E-state index in [1.165, 1.54) is 24.3 Å². The molecule has 180 valence electrons. The van der Waals surface area contributed by atoms with Crippen LogP contribution in [0.15, 0.2) is 48.5 Å². The molecule has 0 spiro atoms. The van der Waals surface area contributed by atoms with Gasteiger partial charge in [0.05, 0.1) is 11.2 Å². The van der Waals surface area contributed by atoms with E-state index in [4.69, 9.17) is 11.6 Å². The summed E-state index contributed by atoms with van der Waals surface area (Å²) in [7, 11) is 0. The SMILES string of the molecule is CC1(C)CN(C(=O)[C@H](NC(=O)c2cccc(C(=O)O)c2)C2CC2)CC[C@]1(O)c1ccc(Cl)cc1. The highest BCUT2D eigenvalue weighted by Gasteiger charge is 2.51. The van der Waals surface area contributed by atoms with Crippen molar-refractivity contribution in [3.8, 4) is 0 Å². The van der Waals surface area contributed by atoms with Gasteiger partial charge in [-0.2, -0.15) is 0 Å². The Morgan fingerprint density at radius 3 is 2.32 bits per heavy atom. The van der Waals surface area contributed by atoms with Gasteiger partial charge in [0, 0.05) is 29.1 Å². The van der Waals surface area contributed by atoms with Crippen LogP contribution in [0.4, 0.5) is 0 Å². The minimum Gasteiger partial charge on any atom is -0.478 e. The Morgan fingerprint density at radius 2 is 1.74 bits per heavy atom. The van der Waals surface area contributed by atoms with Crippen LogP contribution in [0.3, 0.4) is 0 Å². The number of carboxylic acid groups (broad SMARTS) is 1. The van der Waals surface area contributed by atoms with Crippen molar-refractivity contribution in [3.63, 3.8) is 0 Å². The molecule has 0 bridgehead atoms. The average molecular weight is 485 g/mol. The van der Waals surface area contributed by atoms with Crippen molar-refractivity contribution in [1.82, 2.24) is 10.2 Å². The van der Waals surface area contributed by atoms with E-state index in [9.17, 15) is 24.6 Å². The van der Waals surface area contributed by atoms with Crippen LogP contribution in [0.25, 0.3) is 0 Å². The van der Waals surface area contributed by atoms with Crippen molar-refractivity contribution in [3.05, 3.63) is 70.2 Å². The van der Waals surface area contributed by atoms with Gasteiger partial charge in [0.2, 0.25) is 5.91 Å². The molecule has 1 heterocycles. The van der Waals surface area contributed by atoms with E-state index in [0.717, 1.165) is 18.4 Å². The van der Waals surface area contributed by atoms with Crippen molar-refractivity contribution in [2.75, 3.05) is 13.1 Å². The smallest absolute Gasteiger partial charge is 0.335 e. The molecule has 0 aromatic heterocycles. The van der Waals surface area contributed by atoms with Gasteiger partial charge < -0.3 is 20.4 Å². The van der Waals surface area contributed by atoms with E-state index in [1.807, 2.05) is 26.0 Å². The number of carbonyl (C=O) groups excluding carboxylic acids is 2. The molecule has 1 aliphatic heterocycles. The number of nitrogens with zero attached hydrogens (tertiary/aromatic N) is 1. The lowest BCUT2D eigenvalue weighted by Crippen LogP contribution is -2.60. The first-order valence-electron chi connectivity index (χ1n) is 11.4. The number of likely N-dealkylation sites (tertiary alicyclic amines) is 1. The van der Waals surface area contributed by atoms with Crippen LogP contribution in [0, 0.1) is 11.3 Å². The number of hydrogen-bond acceptors (Lipinski definition) is 4. The van der Waals surface area contributed by atoms with Crippen molar-refractivity contribution >= 4 is 29.4 Å². The number of aromatic carboxylic acids is 1. The zero-order valence-electron chi connectivity index (χ0n) is 19.3. The topological polar surface area (TPSA) is 107 Å². The number of carboxylic acids is 1. The minimum atomic E-state index is -1.12. The number of amides is 2. The highest BCUT2D eigenvalue weighted by molar-refractivity contribution is 6.30. The molecule has 2 aliphatic rings. The average Bonchev–Trinajstić information content (AvgIpc) is 3.64. The number of halogens is 1. The zero-order chi connectivity index (χ0) is 24.7. The Kier molecular flexibility index (Phi) is 6.44. The second kappa shape index (κ2) is 9.04. The predicted octanol–water partition coefficient (Wildman–Crippen LogP) is 3.69. The van der Waals surface area contributed by atoms with Crippen molar-refractivity contribution < 1.29 is 24.6 Å². The van der Waals surface area contributed by atoms with Crippen LogP contribution >= 0.6 is 11.6 Å². The number of nitrogens with one attached hydrogen (secondary N) is 1. The molecule has 2 aromatic carbocycles. The molecule has 0 unspecified atom stereocenters. The first-order valence-corrected chi connectivity index (χ1v) is 11.8. The van der Waals surface area contributed by atoms with E-state index in [-0.39, 0.29) is 23.0 Å². The fourth-order valence-electron chi connectivity index (χ4n) is 4.80. The molecule has 2 atom stereocenters. The molecule has 7 nitrogen and oxygen atoms in total. The normalized spacial score (nSPS) is 22.6. The summed E-state index contributed by atoms with van der Waals surface area (Å²) in [5.74, 6) is -1.70. The molecule has 1 saturated carbocycles. The van der Waals surface area contributed by atoms with Gasteiger partial charge in [-0.25, -0.2) is 4.79 Å². The lowest BCUT2D eigenvalue weighted by Gasteiger charge is -2.51. The third kappa shape index (κ3) is 4.68. The second-order valence-corrected chi connectivity index (χ2v) is 10.4. The van der Waals surface area contributed by atoms with Crippen molar-refractivity contribution in [2.24, 2.45) is 11.3 Å². The standard InChI is InChI=1S/C26H29ClN2O5/c1-25(2)15-29(13-12-26(25,34)19-8-10-20(27)11-9-19)23(31)21(16-6-7-16)28-22(30)17-4-3-5-18(14-17)24(32)33/h3-5,8-11,14,16,21,34H,6-7,12-13,15H2,1-2H3,(H,28,30)(H,32,33)/t21-,26+/m1/s1. The maximum absolute atomic E-state index is 13.5. The molecular formula is C26H29ClN2O5. The van der Waals surface area contributed by atoms with Gasteiger partial charge in [-0.1, -0.05) is 43.6 Å². The summed E-state index contributed by atoms with van der Waals surface area (Å²) >= 11 is 6.01. The van der Waals surface area contributed by atoms with Crippen LogP contribution in [-0.4, -0.2) is 52.0 Å². The Balaban J connectivity index is 1.50. The van der Waals surface area contributed by atoms with E-state index in [1.54, 1.807) is 17.0 Å². The number of benzene rings is 2. The highest BCUT2D eigenvalue weighted by atomic mass is 35.5. The molecule has 4 rings (SSSR count). The Labute approximate surface area is 203 Å². The van der Waals surface area contributed by atoms with Crippen LogP contribution < -0.4 is 5.32 Å². The van der Waals surface area contributed by atoms with Crippen molar-refractivity contribution in [1.29, 1.82) is 0 Å². The van der Waals surface area contributed by atoms with E-state index >= 15 is 0 Å². The quantitative estimate of drug-likeness (QED) is 0.579. The molecule has 1 aliphatic carbocycles. The fraction of sp³-hybridized carbons (Fsp3) is 0.423. The first kappa shape index (κ1) is 24.2. The van der Waals surface area contributed by atoms with Crippen LogP contribution in [-0.2, 0) is 10.4 Å². The molecule has 2 aromatic rings. The van der Waals surface area contributed by atoms with Gasteiger partial charge in [0.15, 0.2) is 0 Å². The summed E-state index contributed by atoms with van der Waals surface area (Å²) in [5.41, 5.74) is -0.776. The lowest BCUT2D eigenvalue weighted by atomic mass is 9.66.